The van der Waals surface area contributed by atoms with Gasteiger partial charge in [0, 0.05) is 66.8 Å². The van der Waals surface area contributed by atoms with Gasteiger partial charge in [0.25, 0.3) is 6.71 Å². The van der Waals surface area contributed by atoms with E-state index in [0.29, 0.717) is 0 Å². The van der Waals surface area contributed by atoms with Crippen LogP contribution < -0.4 is 26.2 Å². The first-order valence-corrected chi connectivity index (χ1v) is 43.7. The largest absolute Gasteiger partial charge is 0.311 e. The zero-order valence-electron chi connectivity index (χ0n) is 76.1. The normalized spacial score (nSPS) is 13.8. The highest BCUT2D eigenvalue weighted by atomic mass is 15.2. The van der Waals surface area contributed by atoms with Crippen molar-refractivity contribution in [2.24, 2.45) is 0 Å². The fourth-order valence-electron chi connectivity index (χ4n) is 18.9. The van der Waals surface area contributed by atoms with Crippen molar-refractivity contribution in [2.75, 3.05) is 9.80 Å². The summed E-state index contributed by atoms with van der Waals surface area (Å²) in [5, 5.41) is 5.00. The summed E-state index contributed by atoms with van der Waals surface area (Å²) in [6.45, 7) is 63.7. The zero-order chi connectivity index (χ0) is 84.9. The molecule has 2 aliphatic heterocycles. The number of hydrogen-bond acceptors (Lipinski definition) is 2. The van der Waals surface area contributed by atoms with E-state index in [0.717, 1.165) is 34.1 Å². The number of hydrogen-bond donors (Lipinski definition) is 0. The summed E-state index contributed by atoms with van der Waals surface area (Å²) >= 11 is 0. The zero-order valence-corrected chi connectivity index (χ0v) is 76.1. The first-order chi connectivity index (χ1) is 55.7. The lowest BCUT2D eigenvalue weighted by atomic mass is 9.33. The number of aromatic nitrogens is 2. The van der Waals surface area contributed by atoms with Crippen LogP contribution in [0.25, 0.3) is 99.5 Å². The summed E-state index contributed by atoms with van der Waals surface area (Å²) in [7, 11) is 0. The standard InChI is InChI=1S/C114H123BN4/c1-106(2,3)74-46-54-97-89(64-74)85-38-30-34-42-95(85)116(97)81-48-52-93-101(68-81)118(99-60-70(44-50-87(99)83-36-28-32-40-91(83)113(22,23)24)72-56-76(108(7,8)9)62-77(57-72)109(10,11)12)103-66-80(112(19,20)21)67-104-105(103)115(93)94-53-49-82(117-96-43-35-31-39-86(96)90-65-75(107(4,5)6)47-55-98(90)117)69-102(94)119(104)100-61-71(45-51-88(100)84-37-29-33-41-92(84)114(25,26)27)73-58-78(110(13,14)15)63-79(59-73)111(16,17)18/h28-69H,1-27H3. The third-order valence-corrected chi connectivity index (χ3v) is 26.0. The van der Waals surface area contributed by atoms with Gasteiger partial charge in [-0.3, -0.25) is 0 Å². The van der Waals surface area contributed by atoms with Crippen LogP contribution in [0.15, 0.2) is 255 Å². The third-order valence-electron chi connectivity index (χ3n) is 26.0. The minimum absolute atomic E-state index is 0.0518. The summed E-state index contributed by atoms with van der Waals surface area (Å²) in [6, 6.07) is 102. The molecular weight excluding hydrogens is 1440 g/mol. The van der Waals surface area contributed by atoms with Crippen molar-refractivity contribution >= 4 is 101 Å². The van der Waals surface area contributed by atoms with Crippen LogP contribution in [-0.4, -0.2) is 15.8 Å². The Morgan fingerprint density at radius 2 is 0.521 bits per heavy atom. The molecule has 0 amide bonds. The molecule has 0 radical (unpaired) electrons. The summed E-state index contributed by atoms with van der Waals surface area (Å²) in [6.07, 6.45) is 0. The molecule has 17 rings (SSSR count). The molecule has 4 heterocycles. The summed E-state index contributed by atoms with van der Waals surface area (Å²) < 4.78 is 5.12. The average molecular weight is 1560 g/mol. The Labute approximate surface area is 711 Å². The van der Waals surface area contributed by atoms with Gasteiger partial charge in [0.1, 0.15) is 0 Å². The molecule has 0 fully saturated rings. The van der Waals surface area contributed by atoms with Gasteiger partial charge < -0.3 is 18.9 Å². The highest BCUT2D eigenvalue weighted by Gasteiger charge is 2.46. The Morgan fingerprint density at radius 1 is 0.202 bits per heavy atom. The fourth-order valence-corrected chi connectivity index (χ4v) is 18.9. The van der Waals surface area contributed by atoms with E-state index < -0.39 is 0 Å². The lowest BCUT2D eigenvalue weighted by molar-refractivity contribution is 0.568. The number of benzene rings is 13. The molecule has 4 nitrogen and oxygen atoms in total. The van der Waals surface area contributed by atoms with Crippen molar-refractivity contribution in [3.63, 3.8) is 0 Å². The van der Waals surface area contributed by atoms with Gasteiger partial charge >= 0.3 is 0 Å². The van der Waals surface area contributed by atoms with Crippen LogP contribution in [0.2, 0.25) is 0 Å². The predicted molar refractivity (Wildman–Crippen MR) is 519 cm³/mol. The molecule has 2 aliphatic rings. The molecule has 0 unspecified atom stereocenters. The van der Waals surface area contributed by atoms with Crippen molar-refractivity contribution in [3.8, 4) is 55.9 Å². The van der Waals surface area contributed by atoms with Gasteiger partial charge in [0.05, 0.1) is 33.4 Å². The molecule has 0 saturated carbocycles. The van der Waals surface area contributed by atoms with Crippen LogP contribution in [-0.2, 0) is 48.7 Å². The second-order valence-corrected chi connectivity index (χ2v) is 44.1. The van der Waals surface area contributed by atoms with Crippen LogP contribution in [0, 0.1) is 0 Å². The second-order valence-electron chi connectivity index (χ2n) is 44.1. The van der Waals surface area contributed by atoms with Gasteiger partial charge in [-0.25, -0.2) is 0 Å². The molecule has 13 aromatic carbocycles. The van der Waals surface area contributed by atoms with E-state index >= 15 is 0 Å². The minimum Gasteiger partial charge on any atom is -0.311 e. The van der Waals surface area contributed by atoms with Gasteiger partial charge in [0.2, 0.25) is 0 Å². The van der Waals surface area contributed by atoms with Crippen molar-refractivity contribution < 1.29 is 0 Å². The van der Waals surface area contributed by atoms with Crippen LogP contribution in [0.4, 0.5) is 34.1 Å². The van der Waals surface area contributed by atoms with Crippen LogP contribution >= 0.6 is 0 Å². The Balaban J connectivity index is 1.06. The maximum Gasteiger partial charge on any atom is 0.252 e. The summed E-state index contributed by atoms with van der Waals surface area (Å²) in [5.41, 5.74) is 37.6. The Bertz CT molecular complexity index is 6160. The third kappa shape index (κ3) is 14.2. The lowest BCUT2D eigenvalue weighted by Crippen LogP contribution is -2.61. The Morgan fingerprint density at radius 3 is 0.866 bits per heavy atom. The van der Waals surface area contributed by atoms with Gasteiger partial charge in [-0.15, -0.1) is 0 Å². The van der Waals surface area contributed by atoms with Gasteiger partial charge in [-0.2, -0.15) is 0 Å². The van der Waals surface area contributed by atoms with Crippen LogP contribution in [0.1, 0.15) is 237 Å². The van der Waals surface area contributed by atoms with E-state index in [2.05, 4.69) is 461 Å². The Kier molecular flexibility index (Phi) is 18.9. The molecule has 0 N–H and O–H groups in total. The maximum absolute atomic E-state index is 2.77. The fraction of sp³-hybridized carbons (Fsp3) is 0.316. The number of fused-ring (bicyclic) bond motifs is 10. The van der Waals surface area contributed by atoms with E-state index in [9.17, 15) is 0 Å². The van der Waals surface area contributed by atoms with Crippen molar-refractivity contribution in [2.45, 2.75) is 236 Å². The van der Waals surface area contributed by atoms with Gasteiger partial charge in [0.15, 0.2) is 0 Å². The van der Waals surface area contributed by atoms with E-state index in [1.807, 2.05) is 0 Å². The van der Waals surface area contributed by atoms with E-state index in [1.54, 1.807) is 0 Å². The minimum atomic E-state index is -0.354. The molecule has 119 heavy (non-hydrogen) atoms. The second kappa shape index (κ2) is 27.9. The molecule has 5 heteroatoms. The SMILES string of the molecule is CC(C)(C)c1cc(-c2ccc(-c3ccccc3C(C)(C)C)c(N3c4cc(-n5c6ccccc6c6cc(C(C)(C)C)ccc65)ccc4B4c5ccc(-n6c7ccccc7c7cc(C(C)(C)C)ccc76)cc5N(c5cc(-c6cc(C(C)(C)C)cc(C(C)(C)C)c6)ccc5-c5ccccc5C(C)(C)C)c5cc(C(C)(C)C)cc3c54)c2)cc(C(C)(C)C)c1. The lowest BCUT2D eigenvalue weighted by Gasteiger charge is -2.46. The van der Waals surface area contributed by atoms with Crippen molar-refractivity contribution in [1.29, 1.82) is 0 Å². The molecule has 0 saturated heterocycles. The molecule has 602 valence electrons. The molecule has 0 atom stereocenters. The number of nitrogens with zero attached hydrogens (tertiary/aromatic N) is 4. The first kappa shape index (κ1) is 80.5. The average Bonchev–Trinajstić information content (AvgIpc) is 1.42. The first-order valence-electron chi connectivity index (χ1n) is 43.7. The molecule has 15 aromatic rings. The highest BCUT2D eigenvalue weighted by Crippen LogP contribution is 2.55. The van der Waals surface area contributed by atoms with E-state index in [-0.39, 0.29) is 55.4 Å². The predicted octanol–water partition coefficient (Wildman–Crippen LogP) is 30.3. The number of para-hydroxylation sites is 2. The summed E-state index contributed by atoms with van der Waals surface area (Å²) in [4.78, 5) is 5.54. The van der Waals surface area contributed by atoms with E-state index in [1.165, 1.54) is 166 Å². The van der Waals surface area contributed by atoms with Gasteiger partial charge in [-0.05, 0) is 234 Å². The van der Waals surface area contributed by atoms with Crippen molar-refractivity contribution in [3.05, 3.63) is 305 Å². The highest BCUT2D eigenvalue weighted by molar-refractivity contribution is 7.00. The van der Waals surface area contributed by atoms with Crippen LogP contribution in [0.3, 0.4) is 0 Å². The number of anilines is 6. The van der Waals surface area contributed by atoms with Gasteiger partial charge in [-0.1, -0.05) is 357 Å². The quantitative estimate of drug-likeness (QED) is 0.141. The smallest absolute Gasteiger partial charge is 0.252 e. The number of rotatable bonds is 8. The Hall–Kier alpha value is -10.9. The monoisotopic (exact) mass is 1560 g/mol. The molecular formula is C114H123BN4. The van der Waals surface area contributed by atoms with Crippen molar-refractivity contribution in [1.82, 2.24) is 9.13 Å². The summed E-state index contributed by atoms with van der Waals surface area (Å²) in [5.74, 6) is 0. The molecule has 0 spiro atoms. The molecule has 2 aromatic heterocycles. The van der Waals surface area contributed by atoms with E-state index in [4.69, 9.17) is 0 Å². The molecule has 0 aliphatic carbocycles. The van der Waals surface area contributed by atoms with Crippen LogP contribution in [0.5, 0.6) is 0 Å². The molecule has 0 bridgehead atoms. The topological polar surface area (TPSA) is 16.3 Å². The maximum atomic E-state index is 2.77.